The largest absolute Gasteiger partial charge is 0.390 e. The van der Waals surface area contributed by atoms with Crippen molar-refractivity contribution in [3.05, 3.63) is 95.8 Å². The maximum Gasteiger partial charge on any atom is 0.261 e. The van der Waals surface area contributed by atoms with Gasteiger partial charge in [0.1, 0.15) is 6.33 Å². The lowest BCUT2D eigenvalue weighted by atomic mass is 10.1. The zero-order valence-corrected chi connectivity index (χ0v) is 19.1. The lowest BCUT2D eigenvalue weighted by Gasteiger charge is -2.28. The SMILES string of the molecule is CC(c1ccc(-n2cnc3ccccc32)cc1)N(C)C[C@@H](O)CN1C(=O)c2ccccc2C1=O. The van der Waals surface area contributed by atoms with E-state index in [0.29, 0.717) is 17.7 Å². The molecule has 1 aliphatic rings. The molecule has 0 bridgehead atoms. The Morgan fingerprint density at radius 3 is 2.21 bits per heavy atom. The number of hydrogen-bond donors (Lipinski definition) is 1. The highest BCUT2D eigenvalue weighted by Crippen LogP contribution is 2.25. The van der Waals surface area contributed by atoms with Crippen molar-refractivity contribution in [2.45, 2.75) is 19.1 Å². The molecular weight excluding hydrogens is 428 g/mol. The Balaban J connectivity index is 1.23. The molecule has 7 nitrogen and oxygen atoms in total. The van der Waals surface area contributed by atoms with Crippen molar-refractivity contribution in [1.82, 2.24) is 19.4 Å². The second-order valence-corrected chi connectivity index (χ2v) is 8.73. The fraction of sp³-hybridized carbons (Fsp3) is 0.222. The average molecular weight is 455 g/mol. The van der Waals surface area contributed by atoms with Crippen LogP contribution >= 0.6 is 0 Å². The van der Waals surface area contributed by atoms with Crippen molar-refractivity contribution in [2.75, 3.05) is 20.1 Å². The molecule has 1 N–H and O–H groups in total. The van der Waals surface area contributed by atoms with Gasteiger partial charge in [0.05, 0.1) is 34.8 Å². The standard InChI is InChI=1S/C27H26N4O3/c1-18(19-11-13-20(14-12-19)31-17-28-24-9-5-6-10-25(24)31)29(2)15-21(32)16-30-26(33)22-7-3-4-8-23(22)27(30)34/h3-14,17-18,21,32H,15-16H2,1-2H3/t18?,21-/m1/s1. The molecule has 1 unspecified atom stereocenters. The quantitative estimate of drug-likeness (QED) is 0.431. The smallest absolute Gasteiger partial charge is 0.261 e. The molecule has 5 rings (SSSR count). The number of hydrogen-bond acceptors (Lipinski definition) is 5. The average Bonchev–Trinajstić information content (AvgIpc) is 3.39. The third kappa shape index (κ3) is 3.89. The van der Waals surface area contributed by atoms with E-state index < -0.39 is 6.10 Å². The van der Waals surface area contributed by atoms with Crippen LogP contribution in [0.3, 0.4) is 0 Å². The van der Waals surface area contributed by atoms with Crippen molar-refractivity contribution in [3.63, 3.8) is 0 Å². The van der Waals surface area contributed by atoms with Crippen LogP contribution in [0.5, 0.6) is 0 Å². The van der Waals surface area contributed by atoms with E-state index in [-0.39, 0.29) is 24.4 Å². The normalized spacial score (nSPS) is 15.2. The van der Waals surface area contributed by atoms with Gasteiger partial charge in [-0.3, -0.25) is 24.0 Å². The van der Waals surface area contributed by atoms with Gasteiger partial charge in [-0.2, -0.15) is 0 Å². The Morgan fingerprint density at radius 2 is 1.53 bits per heavy atom. The van der Waals surface area contributed by atoms with E-state index in [9.17, 15) is 14.7 Å². The minimum Gasteiger partial charge on any atom is -0.390 e. The molecule has 3 aromatic carbocycles. The van der Waals surface area contributed by atoms with Gasteiger partial charge in [0.2, 0.25) is 0 Å². The number of aliphatic hydroxyl groups excluding tert-OH is 1. The summed E-state index contributed by atoms with van der Waals surface area (Å²) in [5.41, 5.74) is 4.92. The topological polar surface area (TPSA) is 78.7 Å². The minimum atomic E-state index is -0.855. The third-order valence-corrected chi connectivity index (χ3v) is 6.54. The summed E-state index contributed by atoms with van der Waals surface area (Å²) in [7, 11) is 1.92. The molecule has 4 aromatic rings. The molecule has 2 atom stereocenters. The lowest BCUT2D eigenvalue weighted by molar-refractivity contribution is 0.0466. The lowest BCUT2D eigenvalue weighted by Crippen LogP contribution is -2.42. The number of β-amino-alcohol motifs (C(OH)–C–C–N with tert-alkyl or cyclic N) is 1. The number of para-hydroxylation sites is 2. The van der Waals surface area contributed by atoms with Crippen LogP contribution in [0.4, 0.5) is 0 Å². The van der Waals surface area contributed by atoms with E-state index in [4.69, 9.17) is 0 Å². The Morgan fingerprint density at radius 1 is 0.912 bits per heavy atom. The Labute approximate surface area is 197 Å². The van der Waals surface area contributed by atoms with Gasteiger partial charge in [0.15, 0.2) is 0 Å². The number of amides is 2. The first-order valence-electron chi connectivity index (χ1n) is 11.3. The summed E-state index contributed by atoms with van der Waals surface area (Å²) < 4.78 is 2.05. The molecule has 2 amide bonds. The van der Waals surface area contributed by atoms with Crippen LogP contribution in [0.2, 0.25) is 0 Å². The molecule has 0 saturated heterocycles. The molecule has 2 heterocycles. The molecule has 0 fully saturated rings. The van der Waals surface area contributed by atoms with Crippen LogP contribution in [0, 0.1) is 0 Å². The molecule has 172 valence electrons. The minimum absolute atomic E-state index is 0.0317. The van der Waals surface area contributed by atoms with Gasteiger partial charge in [-0.15, -0.1) is 0 Å². The molecule has 1 aromatic heterocycles. The summed E-state index contributed by atoms with van der Waals surface area (Å²) in [6.45, 7) is 2.36. The summed E-state index contributed by atoms with van der Waals surface area (Å²) in [5.74, 6) is -0.698. The van der Waals surface area contributed by atoms with Gasteiger partial charge in [-0.1, -0.05) is 36.4 Å². The van der Waals surface area contributed by atoms with Crippen molar-refractivity contribution >= 4 is 22.8 Å². The van der Waals surface area contributed by atoms with Crippen LogP contribution in [0.15, 0.2) is 79.1 Å². The molecule has 0 saturated carbocycles. The maximum atomic E-state index is 12.6. The zero-order chi connectivity index (χ0) is 23.8. The number of rotatable bonds is 7. The number of imide groups is 1. The first-order chi connectivity index (χ1) is 16.4. The Hall–Kier alpha value is -3.81. The molecule has 34 heavy (non-hydrogen) atoms. The molecule has 7 heteroatoms. The summed E-state index contributed by atoms with van der Waals surface area (Å²) in [6.07, 6.45) is 0.969. The summed E-state index contributed by atoms with van der Waals surface area (Å²) >= 11 is 0. The number of aromatic nitrogens is 2. The van der Waals surface area contributed by atoms with Crippen molar-refractivity contribution in [2.24, 2.45) is 0 Å². The van der Waals surface area contributed by atoms with E-state index >= 15 is 0 Å². The van der Waals surface area contributed by atoms with Crippen LogP contribution in [-0.2, 0) is 0 Å². The maximum absolute atomic E-state index is 12.6. The summed E-state index contributed by atoms with van der Waals surface area (Å²) in [6, 6.07) is 23.1. The molecular formula is C27H26N4O3. The number of aliphatic hydroxyl groups is 1. The van der Waals surface area contributed by atoms with Crippen LogP contribution in [-0.4, -0.2) is 62.5 Å². The number of benzene rings is 3. The summed E-state index contributed by atoms with van der Waals surface area (Å²) in [4.78, 5) is 32.7. The van der Waals surface area contributed by atoms with E-state index in [1.807, 2.05) is 42.5 Å². The van der Waals surface area contributed by atoms with Gasteiger partial charge in [-0.25, -0.2) is 4.98 Å². The highest BCUT2D eigenvalue weighted by molar-refractivity contribution is 6.21. The molecule has 0 radical (unpaired) electrons. The van der Waals surface area contributed by atoms with E-state index in [2.05, 4.69) is 40.7 Å². The van der Waals surface area contributed by atoms with E-state index in [0.717, 1.165) is 27.2 Å². The van der Waals surface area contributed by atoms with Gasteiger partial charge >= 0.3 is 0 Å². The van der Waals surface area contributed by atoms with Gasteiger partial charge < -0.3 is 5.11 Å². The van der Waals surface area contributed by atoms with Crippen LogP contribution in [0.25, 0.3) is 16.7 Å². The molecule has 0 spiro atoms. The molecule has 1 aliphatic heterocycles. The third-order valence-electron chi connectivity index (χ3n) is 6.54. The molecule has 0 aliphatic carbocycles. The highest BCUT2D eigenvalue weighted by atomic mass is 16.3. The number of carbonyl (C=O) groups is 2. The second kappa shape index (κ2) is 8.85. The van der Waals surface area contributed by atoms with Gasteiger partial charge in [0.25, 0.3) is 11.8 Å². The van der Waals surface area contributed by atoms with E-state index in [1.165, 1.54) is 0 Å². The number of carbonyl (C=O) groups excluding carboxylic acids is 2. The van der Waals surface area contributed by atoms with E-state index in [1.54, 1.807) is 24.3 Å². The first kappa shape index (κ1) is 22.0. The fourth-order valence-electron chi connectivity index (χ4n) is 4.50. The fourth-order valence-corrected chi connectivity index (χ4v) is 4.50. The van der Waals surface area contributed by atoms with Crippen LogP contribution in [0.1, 0.15) is 39.2 Å². The predicted molar refractivity (Wildman–Crippen MR) is 130 cm³/mol. The van der Waals surface area contributed by atoms with Crippen molar-refractivity contribution in [3.8, 4) is 5.69 Å². The monoisotopic (exact) mass is 454 g/mol. The predicted octanol–water partition coefficient (Wildman–Crippen LogP) is 3.68. The zero-order valence-electron chi connectivity index (χ0n) is 19.1. The van der Waals surface area contributed by atoms with Crippen molar-refractivity contribution < 1.29 is 14.7 Å². The van der Waals surface area contributed by atoms with Gasteiger partial charge in [-0.05, 0) is 55.9 Å². The number of fused-ring (bicyclic) bond motifs is 2. The first-order valence-corrected chi connectivity index (χ1v) is 11.3. The van der Waals surface area contributed by atoms with Crippen LogP contribution < -0.4 is 0 Å². The highest BCUT2D eigenvalue weighted by Gasteiger charge is 2.36. The van der Waals surface area contributed by atoms with Crippen molar-refractivity contribution in [1.29, 1.82) is 0 Å². The van der Waals surface area contributed by atoms with Gasteiger partial charge in [0, 0.05) is 18.3 Å². The number of nitrogens with zero attached hydrogens (tertiary/aromatic N) is 4. The Kier molecular flexibility index (Phi) is 5.73. The summed E-state index contributed by atoms with van der Waals surface area (Å²) in [5, 5.41) is 10.7. The number of imidazole rings is 1. The number of likely N-dealkylation sites (N-methyl/N-ethyl adjacent to an activating group) is 1. The Bertz CT molecular complexity index is 1330. The second-order valence-electron chi connectivity index (χ2n) is 8.73.